The van der Waals surface area contributed by atoms with Gasteiger partial charge in [-0.3, -0.25) is 14.1 Å². The van der Waals surface area contributed by atoms with E-state index in [-0.39, 0.29) is 24.3 Å². The quantitative estimate of drug-likeness (QED) is 0.0282. The molecule has 0 bridgehead atoms. The molecule has 0 saturated carbocycles. The van der Waals surface area contributed by atoms with E-state index in [0.717, 1.165) is 25.7 Å². The fraction of sp³-hybridized carbons (Fsp3) is 0.952. The summed E-state index contributed by atoms with van der Waals surface area (Å²) in [7, 11) is 5.97. The summed E-state index contributed by atoms with van der Waals surface area (Å²) in [5.41, 5.74) is 0. The molecule has 0 radical (unpaired) electrons. The van der Waals surface area contributed by atoms with Gasteiger partial charge in [-0.2, -0.15) is 0 Å². The molecule has 48 heavy (non-hydrogen) atoms. The standard InChI is InChI=1S/C42H84NO4.ClH/c1-7-9-11-13-15-17-19-21-23-25-27-29-31-33-35-37-40(44)46-39(3)42(43(4,5)6)47-41(45)38-36-34-32-30-28-26-24-22-20-18-16-14-12-10-8-2;/h39,42H,7-38H2,1-6H3;1H/q+1;/p-1. The van der Waals surface area contributed by atoms with Crippen LogP contribution < -0.4 is 12.4 Å². The maximum absolute atomic E-state index is 12.7. The molecule has 0 aliphatic heterocycles. The number of nitrogens with zero attached hydrogens (tertiary/aromatic N) is 1. The van der Waals surface area contributed by atoms with Crippen LogP contribution in [0.1, 0.15) is 226 Å². The number of esters is 2. The summed E-state index contributed by atoms with van der Waals surface area (Å²) >= 11 is 0. The van der Waals surface area contributed by atoms with E-state index in [0.29, 0.717) is 17.3 Å². The number of unbranched alkanes of at least 4 members (excludes halogenated alkanes) is 28. The highest BCUT2D eigenvalue weighted by molar-refractivity contribution is 5.70. The summed E-state index contributed by atoms with van der Waals surface area (Å²) in [5, 5.41) is 0. The summed E-state index contributed by atoms with van der Waals surface area (Å²) in [5.74, 6) is -0.354. The van der Waals surface area contributed by atoms with Crippen LogP contribution >= 0.6 is 0 Å². The number of halogens is 1. The fourth-order valence-electron chi connectivity index (χ4n) is 6.68. The Kier molecular flexibility index (Phi) is 37.0. The van der Waals surface area contributed by atoms with Crippen LogP contribution in [0.3, 0.4) is 0 Å². The Bertz CT molecular complexity index is 696. The van der Waals surface area contributed by atoms with Gasteiger partial charge in [0.05, 0.1) is 21.1 Å². The molecule has 0 aromatic heterocycles. The van der Waals surface area contributed by atoms with Gasteiger partial charge in [0.2, 0.25) is 0 Å². The first-order valence-electron chi connectivity index (χ1n) is 20.9. The van der Waals surface area contributed by atoms with Gasteiger partial charge in [0.15, 0.2) is 6.10 Å². The van der Waals surface area contributed by atoms with Gasteiger partial charge >= 0.3 is 11.9 Å². The van der Waals surface area contributed by atoms with Crippen molar-refractivity contribution in [2.24, 2.45) is 0 Å². The van der Waals surface area contributed by atoms with Gasteiger partial charge in [0.1, 0.15) is 0 Å². The monoisotopic (exact) mass is 702 g/mol. The first-order chi connectivity index (χ1) is 22.7. The highest BCUT2D eigenvalue weighted by Gasteiger charge is 2.36. The normalized spacial score (nSPS) is 12.8. The highest BCUT2D eigenvalue weighted by atomic mass is 35.5. The molecule has 2 atom stereocenters. The number of carbonyl (C=O) groups excluding carboxylic acids is 2. The number of hydrogen-bond donors (Lipinski definition) is 0. The molecule has 288 valence electrons. The largest absolute Gasteiger partial charge is 1.00 e. The van der Waals surface area contributed by atoms with Gasteiger partial charge in [0.25, 0.3) is 6.23 Å². The van der Waals surface area contributed by atoms with Crippen LogP contribution in [0.25, 0.3) is 0 Å². The Balaban J connectivity index is 0. The smallest absolute Gasteiger partial charge is 0.310 e. The number of rotatable bonds is 36. The van der Waals surface area contributed by atoms with Gasteiger partial charge in [0, 0.05) is 12.8 Å². The average molecular weight is 703 g/mol. The third kappa shape index (κ3) is 33.7. The van der Waals surface area contributed by atoms with Crippen LogP contribution in [0.4, 0.5) is 0 Å². The number of hydrogen-bond acceptors (Lipinski definition) is 4. The molecule has 0 rings (SSSR count). The molecule has 0 fully saturated rings. The SMILES string of the molecule is CCCCCCCCCCCCCCCCCC(=O)OC(C)C(OC(=O)CCCCCCCCCCCCCCCCC)[N+](C)(C)C.[Cl-]. The molecular weight excluding hydrogens is 618 g/mol. The van der Waals surface area contributed by atoms with Crippen molar-refractivity contribution >= 4 is 11.9 Å². The van der Waals surface area contributed by atoms with E-state index in [4.69, 9.17) is 9.47 Å². The highest BCUT2D eigenvalue weighted by Crippen LogP contribution is 2.18. The van der Waals surface area contributed by atoms with E-state index < -0.39 is 12.3 Å². The van der Waals surface area contributed by atoms with Gasteiger partial charge < -0.3 is 21.9 Å². The van der Waals surface area contributed by atoms with E-state index in [2.05, 4.69) is 13.8 Å². The van der Waals surface area contributed by atoms with Gasteiger partial charge in [-0.05, 0) is 19.8 Å². The lowest BCUT2D eigenvalue weighted by Crippen LogP contribution is -3.00. The molecule has 0 N–H and O–H groups in total. The molecule has 0 spiro atoms. The van der Waals surface area contributed by atoms with Crippen LogP contribution in [0.15, 0.2) is 0 Å². The van der Waals surface area contributed by atoms with Crippen molar-refractivity contribution in [2.75, 3.05) is 21.1 Å². The van der Waals surface area contributed by atoms with Crippen molar-refractivity contribution in [2.45, 2.75) is 239 Å². The summed E-state index contributed by atoms with van der Waals surface area (Å²) in [6.45, 7) is 6.42. The third-order valence-corrected chi connectivity index (χ3v) is 9.70. The minimum atomic E-state index is -0.496. The Labute approximate surface area is 306 Å². The number of ether oxygens (including phenoxy) is 2. The summed E-state index contributed by atoms with van der Waals surface area (Å²) in [4.78, 5) is 25.2. The lowest BCUT2D eigenvalue weighted by atomic mass is 10.0. The maximum Gasteiger partial charge on any atom is 0.310 e. The summed E-state index contributed by atoms with van der Waals surface area (Å²) in [6, 6.07) is 0. The van der Waals surface area contributed by atoms with Crippen LogP contribution in [0.2, 0.25) is 0 Å². The Morgan fingerprint density at radius 3 is 0.896 bits per heavy atom. The first kappa shape index (κ1) is 49.3. The van der Waals surface area contributed by atoms with Crippen molar-refractivity contribution in [3.63, 3.8) is 0 Å². The Morgan fingerprint density at radius 1 is 0.417 bits per heavy atom. The van der Waals surface area contributed by atoms with Gasteiger partial charge in [-0.15, -0.1) is 0 Å². The van der Waals surface area contributed by atoms with Crippen molar-refractivity contribution in [1.82, 2.24) is 0 Å². The first-order valence-corrected chi connectivity index (χ1v) is 20.9. The van der Waals surface area contributed by atoms with Crippen LogP contribution in [-0.2, 0) is 19.1 Å². The molecule has 0 aliphatic rings. The summed E-state index contributed by atoms with van der Waals surface area (Å²) in [6.07, 6.45) is 39.2. The Morgan fingerprint density at radius 2 is 0.646 bits per heavy atom. The van der Waals surface area contributed by atoms with E-state index in [9.17, 15) is 9.59 Å². The van der Waals surface area contributed by atoms with Crippen molar-refractivity contribution in [1.29, 1.82) is 0 Å². The third-order valence-electron chi connectivity index (χ3n) is 9.70. The van der Waals surface area contributed by atoms with E-state index in [1.165, 1.54) is 167 Å². The van der Waals surface area contributed by atoms with Crippen LogP contribution in [-0.4, -0.2) is 49.9 Å². The lowest BCUT2D eigenvalue weighted by Gasteiger charge is -2.36. The molecule has 0 saturated heterocycles. The second-order valence-corrected chi connectivity index (χ2v) is 15.6. The van der Waals surface area contributed by atoms with Gasteiger partial charge in [-0.25, -0.2) is 0 Å². The predicted octanol–water partition coefficient (Wildman–Crippen LogP) is 10.0. The molecule has 0 aliphatic carbocycles. The van der Waals surface area contributed by atoms with Crippen molar-refractivity contribution in [3.8, 4) is 0 Å². The number of likely N-dealkylation sites (N-methyl/N-ethyl adjacent to an activating group) is 1. The molecule has 5 nitrogen and oxygen atoms in total. The topological polar surface area (TPSA) is 52.6 Å². The molecule has 6 heteroatoms. The predicted molar refractivity (Wildman–Crippen MR) is 203 cm³/mol. The minimum Gasteiger partial charge on any atom is -1.00 e. The van der Waals surface area contributed by atoms with E-state index in [1.54, 1.807) is 0 Å². The van der Waals surface area contributed by atoms with E-state index >= 15 is 0 Å². The summed E-state index contributed by atoms with van der Waals surface area (Å²) < 4.78 is 12.1. The van der Waals surface area contributed by atoms with Crippen LogP contribution in [0.5, 0.6) is 0 Å². The molecule has 2 unspecified atom stereocenters. The zero-order valence-corrected chi connectivity index (χ0v) is 34.0. The van der Waals surface area contributed by atoms with Crippen LogP contribution in [0, 0.1) is 0 Å². The molecular formula is C42H84ClNO4. The zero-order chi connectivity index (χ0) is 34.9. The second-order valence-electron chi connectivity index (χ2n) is 15.6. The van der Waals surface area contributed by atoms with Crippen molar-refractivity contribution in [3.05, 3.63) is 0 Å². The lowest BCUT2D eigenvalue weighted by molar-refractivity contribution is -0.920. The Hall–Kier alpha value is -0.810. The molecule has 0 aromatic carbocycles. The maximum atomic E-state index is 12.7. The number of quaternary nitrogens is 1. The van der Waals surface area contributed by atoms with Crippen molar-refractivity contribution < 1.29 is 36.0 Å². The van der Waals surface area contributed by atoms with Gasteiger partial charge in [-0.1, -0.05) is 194 Å². The number of carbonyl (C=O) groups is 2. The molecule has 0 heterocycles. The van der Waals surface area contributed by atoms with E-state index in [1.807, 2.05) is 28.1 Å². The second kappa shape index (κ2) is 36.0. The minimum absolute atomic E-state index is 0. The fourth-order valence-corrected chi connectivity index (χ4v) is 6.68. The average Bonchev–Trinajstić information content (AvgIpc) is 3.03. The molecule has 0 amide bonds. The molecule has 0 aromatic rings. The zero-order valence-electron chi connectivity index (χ0n) is 33.2.